The van der Waals surface area contributed by atoms with Crippen molar-refractivity contribution in [2.75, 3.05) is 7.11 Å². The van der Waals surface area contributed by atoms with E-state index in [9.17, 15) is 18.0 Å². The van der Waals surface area contributed by atoms with Crippen molar-refractivity contribution in [2.24, 2.45) is 0 Å². The lowest BCUT2D eigenvalue weighted by atomic mass is 10.00. The monoisotopic (exact) mass is 344 g/mol. The third-order valence-electron chi connectivity index (χ3n) is 3.14. The van der Waals surface area contributed by atoms with Crippen molar-refractivity contribution in [3.63, 3.8) is 0 Å². The first-order valence-electron chi connectivity index (χ1n) is 6.71. The molecule has 1 heterocycles. The molecule has 0 aliphatic heterocycles. The lowest BCUT2D eigenvalue weighted by Gasteiger charge is -2.20. The highest BCUT2D eigenvalue weighted by Gasteiger charge is 2.37. The van der Waals surface area contributed by atoms with Gasteiger partial charge in [0.05, 0.1) is 12.7 Å². The third kappa shape index (κ3) is 4.29. The highest BCUT2D eigenvalue weighted by molar-refractivity contribution is 7.09. The van der Waals surface area contributed by atoms with Gasteiger partial charge < -0.3 is 4.74 Å². The van der Waals surface area contributed by atoms with E-state index >= 15 is 0 Å². The van der Waals surface area contributed by atoms with Gasteiger partial charge in [0, 0.05) is 17.6 Å². The van der Waals surface area contributed by atoms with Gasteiger partial charge >= 0.3 is 12.1 Å². The molecule has 23 heavy (non-hydrogen) atoms. The van der Waals surface area contributed by atoms with Gasteiger partial charge in [0.25, 0.3) is 0 Å². The van der Waals surface area contributed by atoms with Gasteiger partial charge in [-0.2, -0.15) is 13.2 Å². The van der Waals surface area contributed by atoms with E-state index < -0.39 is 23.8 Å². The Kier molecular flexibility index (Phi) is 5.38. The van der Waals surface area contributed by atoms with Gasteiger partial charge in [-0.05, 0) is 18.6 Å². The Hall–Kier alpha value is -1.93. The molecular formula is C15H15F3N2O2S. The van der Waals surface area contributed by atoms with Gasteiger partial charge in [-0.3, -0.25) is 5.32 Å². The van der Waals surface area contributed by atoms with E-state index in [1.54, 1.807) is 0 Å². The Morgan fingerprint density at radius 3 is 2.65 bits per heavy atom. The SMILES string of the molecule is COC(=O)[C@@H](NCc1nc(C)cs1)c1ccccc1C(F)(F)F. The van der Waals surface area contributed by atoms with E-state index in [0.29, 0.717) is 5.01 Å². The van der Waals surface area contributed by atoms with Crippen LogP contribution in [0.5, 0.6) is 0 Å². The summed E-state index contributed by atoms with van der Waals surface area (Å²) in [5.74, 6) is -0.782. The zero-order valence-corrected chi connectivity index (χ0v) is 13.3. The van der Waals surface area contributed by atoms with Crippen molar-refractivity contribution in [3.05, 3.63) is 51.5 Å². The summed E-state index contributed by atoms with van der Waals surface area (Å²) in [5.41, 5.74) is -0.213. The smallest absolute Gasteiger partial charge is 0.416 e. The number of aryl methyl sites for hydroxylation is 1. The first-order chi connectivity index (χ1) is 10.8. The van der Waals surface area contributed by atoms with Gasteiger partial charge in [-0.15, -0.1) is 11.3 Å². The predicted octanol–water partition coefficient (Wildman–Crippen LogP) is 3.47. The lowest BCUT2D eigenvalue weighted by molar-refractivity contribution is -0.145. The Morgan fingerprint density at radius 1 is 1.39 bits per heavy atom. The van der Waals surface area contributed by atoms with E-state index in [1.165, 1.54) is 29.5 Å². The van der Waals surface area contributed by atoms with Gasteiger partial charge in [-0.1, -0.05) is 18.2 Å². The normalized spacial score (nSPS) is 12.9. The molecule has 1 N–H and O–H groups in total. The number of nitrogens with zero attached hydrogens (tertiary/aromatic N) is 1. The largest absolute Gasteiger partial charge is 0.468 e. The predicted molar refractivity (Wildman–Crippen MR) is 79.9 cm³/mol. The third-order valence-corrected chi connectivity index (χ3v) is 4.10. The van der Waals surface area contributed by atoms with Crippen LogP contribution in [-0.2, 0) is 22.3 Å². The molecule has 8 heteroatoms. The van der Waals surface area contributed by atoms with Crippen LogP contribution in [0.3, 0.4) is 0 Å². The van der Waals surface area contributed by atoms with E-state index in [1.807, 2.05) is 12.3 Å². The highest BCUT2D eigenvalue weighted by atomic mass is 32.1. The quantitative estimate of drug-likeness (QED) is 0.844. The number of halogens is 3. The van der Waals surface area contributed by atoms with Gasteiger partial charge in [0.15, 0.2) is 0 Å². The summed E-state index contributed by atoms with van der Waals surface area (Å²) in [6.07, 6.45) is -4.55. The topological polar surface area (TPSA) is 51.2 Å². The molecule has 0 spiro atoms. The fourth-order valence-electron chi connectivity index (χ4n) is 2.12. The van der Waals surface area contributed by atoms with Crippen molar-refractivity contribution >= 4 is 17.3 Å². The average Bonchev–Trinajstić information content (AvgIpc) is 2.92. The number of ether oxygens (including phenoxy) is 1. The summed E-state index contributed by atoms with van der Waals surface area (Å²) < 4.78 is 44.1. The molecule has 2 aromatic rings. The number of thiazole rings is 1. The Bertz CT molecular complexity index is 685. The first kappa shape index (κ1) is 17.4. The second-order valence-corrected chi connectivity index (χ2v) is 5.75. The summed E-state index contributed by atoms with van der Waals surface area (Å²) in [7, 11) is 1.14. The standard InChI is InChI=1S/C15H15F3N2O2S/c1-9-8-23-12(20-9)7-19-13(14(21)22-2)10-5-3-4-6-11(10)15(16,17)18/h3-6,8,13,19H,7H2,1-2H3/t13-/m0/s1. The number of benzene rings is 1. The number of methoxy groups -OCH3 is 1. The Morgan fingerprint density at radius 2 is 2.09 bits per heavy atom. The summed E-state index contributed by atoms with van der Waals surface area (Å²) in [5, 5.41) is 5.31. The van der Waals surface area contributed by atoms with Crippen LogP contribution >= 0.6 is 11.3 Å². The first-order valence-corrected chi connectivity index (χ1v) is 7.59. The van der Waals surface area contributed by atoms with Gasteiger partial charge in [-0.25, -0.2) is 9.78 Å². The highest BCUT2D eigenvalue weighted by Crippen LogP contribution is 2.35. The van der Waals surface area contributed by atoms with Crippen molar-refractivity contribution in [1.82, 2.24) is 10.3 Å². The molecule has 4 nitrogen and oxygen atoms in total. The van der Waals surface area contributed by atoms with Gasteiger partial charge in [0.2, 0.25) is 0 Å². The molecular weight excluding hydrogens is 329 g/mol. The Labute approximate surface area is 135 Å². The number of rotatable bonds is 5. The van der Waals surface area contributed by atoms with Crippen molar-refractivity contribution in [3.8, 4) is 0 Å². The minimum Gasteiger partial charge on any atom is -0.468 e. The van der Waals surface area contributed by atoms with Crippen LogP contribution in [-0.4, -0.2) is 18.1 Å². The average molecular weight is 344 g/mol. The van der Waals surface area contributed by atoms with Crippen molar-refractivity contribution in [2.45, 2.75) is 25.7 Å². The molecule has 0 unspecified atom stereocenters. The lowest BCUT2D eigenvalue weighted by Crippen LogP contribution is -2.31. The van der Waals surface area contributed by atoms with E-state index in [4.69, 9.17) is 0 Å². The molecule has 0 saturated carbocycles. The van der Waals surface area contributed by atoms with E-state index in [-0.39, 0.29) is 12.1 Å². The zero-order valence-electron chi connectivity index (χ0n) is 12.5. The number of alkyl halides is 3. The fourth-order valence-corrected chi connectivity index (χ4v) is 2.84. The van der Waals surface area contributed by atoms with E-state index in [2.05, 4.69) is 15.0 Å². The fraction of sp³-hybridized carbons (Fsp3) is 0.333. The van der Waals surface area contributed by atoms with Crippen LogP contribution < -0.4 is 5.32 Å². The number of nitrogens with one attached hydrogen (secondary N) is 1. The number of hydrogen-bond donors (Lipinski definition) is 1. The van der Waals surface area contributed by atoms with Crippen molar-refractivity contribution < 1.29 is 22.7 Å². The molecule has 0 fully saturated rings. The summed E-state index contributed by atoms with van der Waals surface area (Å²) in [4.78, 5) is 16.2. The molecule has 0 saturated heterocycles. The van der Waals surface area contributed by atoms with Crippen LogP contribution in [0.15, 0.2) is 29.6 Å². The van der Waals surface area contributed by atoms with Crippen LogP contribution in [0.25, 0.3) is 0 Å². The van der Waals surface area contributed by atoms with Crippen LogP contribution in [0.1, 0.15) is 27.9 Å². The molecule has 0 aliphatic rings. The molecule has 0 aliphatic carbocycles. The minimum absolute atomic E-state index is 0.167. The second-order valence-electron chi connectivity index (χ2n) is 4.80. The van der Waals surface area contributed by atoms with E-state index in [0.717, 1.165) is 18.9 Å². The molecule has 0 amide bonds. The molecule has 2 rings (SSSR count). The maximum atomic E-state index is 13.2. The maximum absolute atomic E-state index is 13.2. The molecule has 0 radical (unpaired) electrons. The number of esters is 1. The zero-order chi connectivity index (χ0) is 17.0. The number of carbonyl (C=O) groups is 1. The summed E-state index contributed by atoms with van der Waals surface area (Å²) in [6.45, 7) is 1.99. The Balaban J connectivity index is 2.30. The molecule has 1 aromatic heterocycles. The van der Waals surface area contributed by atoms with Crippen LogP contribution in [0.4, 0.5) is 13.2 Å². The van der Waals surface area contributed by atoms with Crippen LogP contribution in [0, 0.1) is 6.92 Å². The number of aromatic nitrogens is 1. The summed E-state index contributed by atoms with van der Waals surface area (Å²) >= 11 is 1.37. The minimum atomic E-state index is -4.55. The summed E-state index contributed by atoms with van der Waals surface area (Å²) in [6, 6.07) is 3.73. The maximum Gasteiger partial charge on any atom is 0.416 e. The second kappa shape index (κ2) is 7.10. The molecule has 1 aromatic carbocycles. The number of hydrogen-bond acceptors (Lipinski definition) is 5. The van der Waals surface area contributed by atoms with Gasteiger partial charge in [0.1, 0.15) is 11.0 Å². The molecule has 124 valence electrons. The molecule has 0 bridgehead atoms. The molecule has 1 atom stereocenters. The van der Waals surface area contributed by atoms with Crippen molar-refractivity contribution in [1.29, 1.82) is 0 Å². The number of carbonyl (C=O) groups excluding carboxylic acids is 1. The van der Waals surface area contributed by atoms with Crippen LogP contribution in [0.2, 0.25) is 0 Å².